The van der Waals surface area contributed by atoms with Gasteiger partial charge in [-0.2, -0.15) is 0 Å². The molecule has 2 rings (SSSR count). The van der Waals surface area contributed by atoms with Crippen LogP contribution in [0, 0.1) is 0 Å². The van der Waals surface area contributed by atoms with Crippen molar-refractivity contribution in [2.24, 2.45) is 5.73 Å². The largest absolute Gasteiger partial charge is 0.369 e. The summed E-state index contributed by atoms with van der Waals surface area (Å²) in [6.45, 7) is 3.72. The van der Waals surface area contributed by atoms with Crippen molar-refractivity contribution in [3.05, 3.63) is 48.0 Å². The van der Waals surface area contributed by atoms with E-state index >= 15 is 0 Å². The van der Waals surface area contributed by atoms with Crippen LogP contribution in [0.3, 0.4) is 0 Å². The van der Waals surface area contributed by atoms with E-state index in [2.05, 4.69) is 0 Å². The molecule has 1 amide bonds. The molecule has 82 valence electrons. The third-order valence-corrected chi connectivity index (χ3v) is 3.08. The Morgan fingerprint density at radius 1 is 1.06 bits per heavy atom. The van der Waals surface area contributed by atoms with E-state index in [1.54, 1.807) is 0 Å². The van der Waals surface area contributed by atoms with Gasteiger partial charge < -0.3 is 5.73 Å². The lowest BCUT2D eigenvalue weighted by Gasteiger charge is -2.22. The molecule has 0 saturated heterocycles. The number of primary amides is 1. The first kappa shape index (κ1) is 10.7. The quantitative estimate of drug-likeness (QED) is 0.818. The van der Waals surface area contributed by atoms with Crippen LogP contribution in [-0.2, 0) is 10.2 Å². The fourth-order valence-electron chi connectivity index (χ4n) is 1.90. The molecule has 0 aromatic heterocycles. The minimum atomic E-state index is -0.638. The summed E-state index contributed by atoms with van der Waals surface area (Å²) in [5.74, 6) is -0.302. The second-order valence-corrected chi connectivity index (χ2v) is 4.52. The molecular weight excluding hydrogens is 198 g/mol. The maximum absolute atomic E-state index is 11.5. The highest BCUT2D eigenvalue weighted by molar-refractivity contribution is 5.94. The zero-order valence-electron chi connectivity index (χ0n) is 9.53. The molecule has 16 heavy (non-hydrogen) atoms. The van der Waals surface area contributed by atoms with Crippen molar-refractivity contribution in [1.29, 1.82) is 0 Å². The van der Waals surface area contributed by atoms with Crippen molar-refractivity contribution in [2.75, 3.05) is 0 Å². The molecule has 2 aromatic rings. The van der Waals surface area contributed by atoms with Crippen LogP contribution in [0.5, 0.6) is 0 Å². The summed E-state index contributed by atoms with van der Waals surface area (Å²) < 4.78 is 0. The molecule has 0 bridgehead atoms. The van der Waals surface area contributed by atoms with Gasteiger partial charge in [-0.25, -0.2) is 0 Å². The predicted molar refractivity (Wildman–Crippen MR) is 66.2 cm³/mol. The summed E-state index contributed by atoms with van der Waals surface area (Å²) in [7, 11) is 0. The number of fused-ring (bicyclic) bond motifs is 1. The molecule has 0 spiro atoms. The van der Waals surface area contributed by atoms with E-state index in [4.69, 9.17) is 5.73 Å². The Balaban J connectivity index is 2.74. The molecule has 2 N–H and O–H groups in total. The highest BCUT2D eigenvalue weighted by Gasteiger charge is 2.28. The van der Waals surface area contributed by atoms with Crippen LogP contribution in [0.1, 0.15) is 19.4 Å². The number of benzene rings is 2. The van der Waals surface area contributed by atoms with Gasteiger partial charge in [0, 0.05) is 0 Å². The van der Waals surface area contributed by atoms with Crippen LogP contribution < -0.4 is 5.73 Å². The van der Waals surface area contributed by atoms with Crippen molar-refractivity contribution in [3.63, 3.8) is 0 Å². The predicted octanol–water partition coefficient (Wildman–Crippen LogP) is 2.60. The minimum absolute atomic E-state index is 0.302. The Kier molecular flexibility index (Phi) is 2.43. The van der Waals surface area contributed by atoms with Crippen LogP contribution in [0.4, 0.5) is 0 Å². The number of hydrogen-bond acceptors (Lipinski definition) is 1. The molecule has 0 heterocycles. The van der Waals surface area contributed by atoms with E-state index in [9.17, 15) is 4.79 Å². The van der Waals surface area contributed by atoms with Gasteiger partial charge in [-0.1, -0.05) is 42.5 Å². The minimum Gasteiger partial charge on any atom is -0.369 e. The lowest BCUT2D eigenvalue weighted by atomic mass is 9.81. The molecule has 0 saturated carbocycles. The molecule has 2 heteroatoms. The molecule has 0 atom stereocenters. The van der Waals surface area contributed by atoms with Gasteiger partial charge in [0.1, 0.15) is 0 Å². The Hall–Kier alpha value is -1.83. The molecule has 2 nitrogen and oxygen atoms in total. The van der Waals surface area contributed by atoms with Gasteiger partial charge in [0.2, 0.25) is 5.91 Å². The summed E-state index contributed by atoms with van der Waals surface area (Å²) in [6, 6.07) is 14.0. The summed E-state index contributed by atoms with van der Waals surface area (Å²) in [4.78, 5) is 11.5. The third-order valence-electron chi connectivity index (χ3n) is 3.08. The fraction of sp³-hybridized carbons (Fsp3) is 0.214. The molecule has 0 aliphatic heterocycles. The molecular formula is C14H15NO. The maximum Gasteiger partial charge on any atom is 0.227 e. The average Bonchev–Trinajstić information content (AvgIpc) is 2.28. The van der Waals surface area contributed by atoms with Gasteiger partial charge in [-0.05, 0) is 30.2 Å². The Labute approximate surface area is 95.1 Å². The average molecular weight is 213 g/mol. The van der Waals surface area contributed by atoms with Gasteiger partial charge in [0.15, 0.2) is 0 Å². The van der Waals surface area contributed by atoms with Crippen LogP contribution in [0.2, 0.25) is 0 Å². The number of carbonyl (C=O) groups excluding carboxylic acids is 1. The highest BCUT2D eigenvalue weighted by atomic mass is 16.1. The van der Waals surface area contributed by atoms with E-state index in [0.29, 0.717) is 0 Å². The van der Waals surface area contributed by atoms with Gasteiger partial charge in [0.05, 0.1) is 5.41 Å². The van der Waals surface area contributed by atoms with Crippen molar-refractivity contribution in [1.82, 2.24) is 0 Å². The second-order valence-electron chi connectivity index (χ2n) is 4.52. The Morgan fingerprint density at radius 2 is 1.69 bits per heavy atom. The summed E-state index contributed by atoms with van der Waals surface area (Å²) in [5.41, 5.74) is 5.80. The van der Waals surface area contributed by atoms with Crippen LogP contribution in [0.15, 0.2) is 42.5 Å². The third kappa shape index (κ3) is 1.56. The number of carbonyl (C=O) groups is 1. The normalized spacial score (nSPS) is 11.6. The van der Waals surface area contributed by atoms with E-state index in [-0.39, 0.29) is 5.91 Å². The van der Waals surface area contributed by atoms with Crippen LogP contribution in [-0.4, -0.2) is 5.91 Å². The van der Waals surface area contributed by atoms with Crippen molar-refractivity contribution in [3.8, 4) is 0 Å². The van der Waals surface area contributed by atoms with E-state index in [1.165, 1.54) is 0 Å². The standard InChI is InChI=1S/C14H15NO/c1-14(2,13(15)16)12-9-5-7-10-6-3-4-8-11(10)12/h3-9H,1-2H3,(H2,15,16). The van der Waals surface area contributed by atoms with Gasteiger partial charge in [0.25, 0.3) is 0 Å². The lowest BCUT2D eigenvalue weighted by Crippen LogP contribution is -2.35. The summed E-state index contributed by atoms with van der Waals surface area (Å²) in [6.07, 6.45) is 0. The fourth-order valence-corrected chi connectivity index (χ4v) is 1.90. The molecule has 0 aliphatic carbocycles. The van der Waals surface area contributed by atoms with E-state index in [1.807, 2.05) is 56.3 Å². The monoisotopic (exact) mass is 213 g/mol. The van der Waals surface area contributed by atoms with Crippen molar-refractivity contribution < 1.29 is 4.79 Å². The zero-order chi connectivity index (χ0) is 11.8. The molecule has 0 aliphatic rings. The first-order valence-electron chi connectivity index (χ1n) is 5.31. The zero-order valence-corrected chi connectivity index (χ0v) is 9.53. The van der Waals surface area contributed by atoms with Crippen molar-refractivity contribution in [2.45, 2.75) is 19.3 Å². The van der Waals surface area contributed by atoms with Crippen LogP contribution in [0.25, 0.3) is 10.8 Å². The summed E-state index contributed by atoms with van der Waals surface area (Å²) >= 11 is 0. The Morgan fingerprint density at radius 3 is 2.38 bits per heavy atom. The maximum atomic E-state index is 11.5. The Bertz CT molecular complexity index is 538. The molecule has 0 unspecified atom stereocenters. The van der Waals surface area contributed by atoms with Crippen LogP contribution >= 0.6 is 0 Å². The number of hydrogen-bond donors (Lipinski definition) is 1. The highest BCUT2D eigenvalue weighted by Crippen LogP contribution is 2.29. The SMILES string of the molecule is CC(C)(C(N)=O)c1cccc2ccccc12. The molecule has 0 radical (unpaired) electrons. The van der Waals surface area contributed by atoms with E-state index < -0.39 is 5.41 Å². The van der Waals surface area contributed by atoms with E-state index in [0.717, 1.165) is 16.3 Å². The number of rotatable bonds is 2. The first-order chi connectivity index (χ1) is 7.53. The van der Waals surface area contributed by atoms with Gasteiger partial charge in [-0.3, -0.25) is 4.79 Å². The molecule has 0 fully saturated rings. The number of amides is 1. The lowest BCUT2D eigenvalue weighted by molar-refractivity contribution is -0.122. The van der Waals surface area contributed by atoms with Gasteiger partial charge >= 0.3 is 0 Å². The second kappa shape index (κ2) is 3.63. The topological polar surface area (TPSA) is 43.1 Å². The smallest absolute Gasteiger partial charge is 0.227 e. The number of nitrogens with two attached hydrogens (primary N) is 1. The first-order valence-corrected chi connectivity index (χ1v) is 5.31. The van der Waals surface area contributed by atoms with Gasteiger partial charge in [-0.15, -0.1) is 0 Å². The molecule has 2 aromatic carbocycles. The summed E-state index contributed by atoms with van der Waals surface area (Å²) in [5, 5.41) is 2.23. The van der Waals surface area contributed by atoms with Crippen molar-refractivity contribution >= 4 is 16.7 Å².